The van der Waals surface area contributed by atoms with E-state index in [1.807, 2.05) is 27.7 Å². The van der Waals surface area contributed by atoms with E-state index < -0.39 is 10.0 Å². The smallest absolute Gasteiger partial charge is 0.243 e. The summed E-state index contributed by atoms with van der Waals surface area (Å²) in [7, 11) is -3.92. The van der Waals surface area contributed by atoms with Crippen LogP contribution < -0.4 is 5.32 Å². The molecule has 3 aromatic rings. The number of carbonyl (C=O) groups excluding carboxylic acids is 1. The average Bonchev–Trinajstić information content (AvgIpc) is 2.76. The van der Waals surface area contributed by atoms with Crippen molar-refractivity contribution in [2.24, 2.45) is 0 Å². The molecule has 0 radical (unpaired) electrons. The predicted octanol–water partition coefficient (Wildman–Crippen LogP) is 5.64. The fraction of sp³-hybridized carbons (Fsp3) is 0.296. The molecular weight excluding hydrogens is 468 g/mol. The Bertz CT molecular complexity index is 1290. The third-order valence-corrected chi connectivity index (χ3v) is 7.99. The number of nitrogens with zero attached hydrogens (tertiary/aromatic N) is 1. The largest absolute Gasteiger partial charge is 0.348 e. The number of sulfonamides is 1. The van der Waals surface area contributed by atoms with E-state index in [9.17, 15) is 13.2 Å². The Labute approximate surface area is 207 Å². The second kappa shape index (κ2) is 10.7. The van der Waals surface area contributed by atoms with E-state index in [4.69, 9.17) is 11.6 Å². The maximum Gasteiger partial charge on any atom is 0.243 e. The van der Waals surface area contributed by atoms with Gasteiger partial charge in [0.05, 0.1) is 17.5 Å². The van der Waals surface area contributed by atoms with E-state index in [1.54, 1.807) is 48.5 Å². The van der Waals surface area contributed by atoms with Gasteiger partial charge in [0, 0.05) is 11.6 Å². The first-order valence-corrected chi connectivity index (χ1v) is 13.0. The molecule has 3 rings (SSSR count). The zero-order valence-electron chi connectivity index (χ0n) is 20.2. The minimum atomic E-state index is -3.92. The molecule has 0 aromatic heterocycles. The maximum atomic E-state index is 13.5. The normalized spacial score (nSPS) is 12.6. The number of nitrogens with one attached hydrogen (secondary N) is 1. The Balaban J connectivity index is 1.86. The number of rotatable bonds is 8. The van der Waals surface area contributed by atoms with E-state index in [0.717, 1.165) is 22.3 Å². The second-order valence-electron chi connectivity index (χ2n) is 8.80. The zero-order valence-corrected chi connectivity index (χ0v) is 21.8. The predicted molar refractivity (Wildman–Crippen MR) is 137 cm³/mol. The van der Waals surface area contributed by atoms with Crippen LogP contribution in [0.25, 0.3) is 0 Å². The molecule has 5 nitrogen and oxygen atoms in total. The first-order chi connectivity index (χ1) is 16.0. The number of hydrogen-bond donors (Lipinski definition) is 1. The maximum absolute atomic E-state index is 13.5. The van der Waals surface area contributed by atoms with Gasteiger partial charge in [-0.3, -0.25) is 4.79 Å². The summed E-state index contributed by atoms with van der Waals surface area (Å²) in [6.45, 7) is 9.62. The van der Waals surface area contributed by atoms with Gasteiger partial charge >= 0.3 is 0 Å². The highest BCUT2D eigenvalue weighted by Crippen LogP contribution is 2.23. The lowest BCUT2D eigenvalue weighted by atomic mass is 9.96. The van der Waals surface area contributed by atoms with E-state index in [2.05, 4.69) is 24.4 Å². The van der Waals surface area contributed by atoms with Crippen LogP contribution in [0.1, 0.15) is 46.3 Å². The number of halogens is 1. The molecule has 0 aliphatic carbocycles. The molecule has 0 heterocycles. The van der Waals surface area contributed by atoms with Gasteiger partial charge < -0.3 is 5.32 Å². The van der Waals surface area contributed by atoms with Crippen LogP contribution in [-0.2, 0) is 21.4 Å². The summed E-state index contributed by atoms with van der Waals surface area (Å²) in [6.07, 6.45) is 0. The van der Waals surface area contributed by atoms with E-state index in [1.165, 1.54) is 9.87 Å². The molecule has 180 valence electrons. The molecule has 3 aromatic carbocycles. The van der Waals surface area contributed by atoms with Crippen LogP contribution in [0.2, 0.25) is 5.02 Å². The lowest BCUT2D eigenvalue weighted by Gasteiger charge is -2.24. The molecule has 0 aliphatic heterocycles. The summed E-state index contributed by atoms with van der Waals surface area (Å²) < 4.78 is 28.1. The topological polar surface area (TPSA) is 66.5 Å². The Morgan fingerprint density at radius 2 is 1.59 bits per heavy atom. The van der Waals surface area contributed by atoms with Gasteiger partial charge in [0.15, 0.2) is 0 Å². The van der Waals surface area contributed by atoms with Gasteiger partial charge in [-0.25, -0.2) is 8.42 Å². The van der Waals surface area contributed by atoms with Crippen molar-refractivity contribution in [1.29, 1.82) is 0 Å². The molecular formula is C27H31ClN2O3S. The van der Waals surface area contributed by atoms with Crippen LogP contribution in [0.3, 0.4) is 0 Å². The molecule has 0 saturated heterocycles. The minimum Gasteiger partial charge on any atom is -0.348 e. The van der Waals surface area contributed by atoms with E-state index in [-0.39, 0.29) is 29.9 Å². The molecule has 34 heavy (non-hydrogen) atoms. The summed E-state index contributed by atoms with van der Waals surface area (Å²) in [6, 6.07) is 17.5. The van der Waals surface area contributed by atoms with Crippen molar-refractivity contribution >= 4 is 27.5 Å². The average molecular weight is 499 g/mol. The van der Waals surface area contributed by atoms with Crippen LogP contribution >= 0.6 is 11.6 Å². The van der Waals surface area contributed by atoms with Crippen molar-refractivity contribution in [1.82, 2.24) is 9.62 Å². The van der Waals surface area contributed by atoms with E-state index in [0.29, 0.717) is 10.6 Å². The summed E-state index contributed by atoms with van der Waals surface area (Å²) in [5, 5.41) is 3.48. The lowest BCUT2D eigenvalue weighted by molar-refractivity contribution is -0.122. The molecule has 0 spiro atoms. The highest BCUT2D eigenvalue weighted by Gasteiger charge is 2.27. The Morgan fingerprint density at radius 1 is 0.941 bits per heavy atom. The summed E-state index contributed by atoms with van der Waals surface area (Å²) in [5.74, 6) is -0.372. The highest BCUT2D eigenvalue weighted by molar-refractivity contribution is 7.89. The van der Waals surface area contributed by atoms with Crippen LogP contribution in [-0.4, -0.2) is 25.2 Å². The van der Waals surface area contributed by atoms with Crippen molar-refractivity contribution in [2.75, 3.05) is 6.54 Å². The van der Waals surface area contributed by atoms with Gasteiger partial charge in [-0.1, -0.05) is 53.6 Å². The summed E-state index contributed by atoms with van der Waals surface area (Å²) in [5.41, 5.74) is 6.09. The monoisotopic (exact) mass is 498 g/mol. The standard InChI is InChI=1S/C27H31ClN2O3S/c1-18-9-11-25(12-10-18)34(32,33)30(16-23-7-6-8-24(28)15-23)17-27(31)29-22(5)26-14-20(3)19(2)13-21(26)4/h6-15,22H,16-17H2,1-5H3,(H,29,31)/t22-/m1/s1. The highest BCUT2D eigenvalue weighted by atomic mass is 35.5. The van der Waals surface area contributed by atoms with Crippen molar-refractivity contribution in [2.45, 2.75) is 52.1 Å². The van der Waals surface area contributed by atoms with Crippen LogP contribution in [0.4, 0.5) is 0 Å². The van der Waals surface area contributed by atoms with Gasteiger partial charge in [0.25, 0.3) is 0 Å². The van der Waals surface area contributed by atoms with Gasteiger partial charge in [-0.05, 0) is 86.7 Å². The molecule has 1 amide bonds. The third kappa shape index (κ3) is 6.26. The van der Waals surface area contributed by atoms with Crippen LogP contribution in [0, 0.1) is 27.7 Å². The fourth-order valence-corrected chi connectivity index (χ4v) is 5.50. The number of hydrogen-bond acceptors (Lipinski definition) is 3. The zero-order chi connectivity index (χ0) is 25.0. The molecule has 0 fully saturated rings. The van der Waals surface area contributed by atoms with Crippen LogP contribution in [0.5, 0.6) is 0 Å². The SMILES string of the molecule is Cc1ccc(S(=O)(=O)N(CC(=O)N[C@H](C)c2cc(C)c(C)cc2C)Cc2cccc(Cl)c2)cc1. The summed E-state index contributed by atoms with van der Waals surface area (Å²) >= 11 is 6.11. The molecule has 1 N–H and O–H groups in total. The lowest BCUT2D eigenvalue weighted by Crippen LogP contribution is -2.41. The molecule has 0 bridgehead atoms. The quantitative estimate of drug-likeness (QED) is 0.437. The van der Waals surface area contributed by atoms with Crippen molar-refractivity contribution in [3.8, 4) is 0 Å². The molecule has 1 atom stereocenters. The van der Waals surface area contributed by atoms with Gasteiger partial charge in [0.2, 0.25) is 15.9 Å². The number of aryl methyl sites for hydroxylation is 4. The van der Waals surface area contributed by atoms with Crippen molar-refractivity contribution in [3.63, 3.8) is 0 Å². The van der Waals surface area contributed by atoms with Crippen LogP contribution in [0.15, 0.2) is 65.6 Å². The fourth-order valence-electron chi connectivity index (χ4n) is 3.90. The first-order valence-electron chi connectivity index (χ1n) is 11.2. The Kier molecular flexibility index (Phi) is 8.18. The number of carbonyl (C=O) groups is 1. The summed E-state index contributed by atoms with van der Waals surface area (Å²) in [4.78, 5) is 13.2. The molecule has 0 saturated carbocycles. The van der Waals surface area contributed by atoms with Gasteiger partial charge in [0.1, 0.15) is 0 Å². The number of amides is 1. The van der Waals surface area contributed by atoms with Gasteiger partial charge in [-0.15, -0.1) is 0 Å². The minimum absolute atomic E-state index is 0.0290. The Morgan fingerprint density at radius 3 is 2.24 bits per heavy atom. The van der Waals surface area contributed by atoms with Gasteiger partial charge in [-0.2, -0.15) is 4.31 Å². The number of benzene rings is 3. The molecule has 0 unspecified atom stereocenters. The molecule has 0 aliphatic rings. The third-order valence-electron chi connectivity index (χ3n) is 5.95. The molecule has 7 heteroatoms. The van der Waals surface area contributed by atoms with Crippen molar-refractivity contribution < 1.29 is 13.2 Å². The van der Waals surface area contributed by atoms with E-state index >= 15 is 0 Å². The van der Waals surface area contributed by atoms with Crippen molar-refractivity contribution in [3.05, 3.63) is 99.1 Å². The second-order valence-corrected chi connectivity index (χ2v) is 11.2. The first kappa shape index (κ1) is 25.9. The Hall–Kier alpha value is -2.67.